The quantitative estimate of drug-likeness (QED) is 0.727. The lowest BCUT2D eigenvalue weighted by molar-refractivity contribution is -0.909. The third kappa shape index (κ3) is 4.47. The van der Waals surface area contributed by atoms with Gasteiger partial charge in [-0.2, -0.15) is 4.72 Å². The van der Waals surface area contributed by atoms with Gasteiger partial charge in [0.05, 0.1) is 30.7 Å². The third-order valence-corrected chi connectivity index (χ3v) is 6.49. The van der Waals surface area contributed by atoms with E-state index in [-0.39, 0.29) is 10.9 Å². The fourth-order valence-electron chi connectivity index (χ4n) is 3.51. The van der Waals surface area contributed by atoms with Crippen LogP contribution in [0.5, 0.6) is 11.5 Å². The Kier molecular flexibility index (Phi) is 5.82. The lowest BCUT2D eigenvalue weighted by Gasteiger charge is -2.28. The summed E-state index contributed by atoms with van der Waals surface area (Å²) in [6, 6.07) is 14.1. The molecule has 2 aliphatic heterocycles. The van der Waals surface area contributed by atoms with E-state index in [0.29, 0.717) is 44.5 Å². The lowest BCUT2D eigenvalue weighted by atomic mass is 10.1. The Bertz CT molecular complexity index is 898. The van der Waals surface area contributed by atoms with E-state index in [0.717, 1.165) is 18.7 Å². The summed E-state index contributed by atoms with van der Waals surface area (Å²) in [5, 5.41) is 0. The summed E-state index contributed by atoms with van der Waals surface area (Å²) in [5.74, 6) is 1.03. The van der Waals surface area contributed by atoms with Crippen molar-refractivity contribution in [2.45, 2.75) is 10.9 Å². The fraction of sp³-hybridized carbons (Fsp3) is 0.400. The van der Waals surface area contributed by atoms with E-state index < -0.39 is 10.0 Å². The summed E-state index contributed by atoms with van der Waals surface area (Å²) < 4.78 is 45.5. The van der Waals surface area contributed by atoms with Gasteiger partial charge in [0.15, 0.2) is 11.5 Å². The highest BCUT2D eigenvalue weighted by molar-refractivity contribution is 7.89. The summed E-state index contributed by atoms with van der Waals surface area (Å²) in [4.78, 5) is 1.50. The second-order valence-corrected chi connectivity index (χ2v) is 8.67. The average molecular weight is 405 g/mol. The zero-order valence-electron chi connectivity index (χ0n) is 15.6. The van der Waals surface area contributed by atoms with Crippen molar-refractivity contribution in [3.05, 3.63) is 54.1 Å². The van der Waals surface area contributed by atoms with Gasteiger partial charge in [0.1, 0.15) is 26.3 Å². The van der Waals surface area contributed by atoms with Crippen LogP contribution in [0.4, 0.5) is 0 Å². The van der Waals surface area contributed by atoms with Crippen LogP contribution in [0.15, 0.2) is 53.4 Å². The SMILES string of the molecule is O=S(=O)(N[C@H](C[NH+]1CCOCC1)c1ccccc1)c1ccc2c(c1)OCCO2. The van der Waals surface area contributed by atoms with Crippen molar-refractivity contribution >= 4 is 10.0 Å². The highest BCUT2D eigenvalue weighted by atomic mass is 32.2. The van der Waals surface area contributed by atoms with Crippen molar-refractivity contribution in [2.75, 3.05) is 46.1 Å². The van der Waals surface area contributed by atoms with E-state index >= 15 is 0 Å². The van der Waals surface area contributed by atoms with Gasteiger partial charge in [-0.1, -0.05) is 30.3 Å². The molecule has 2 N–H and O–H groups in total. The number of nitrogens with one attached hydrogen (secondary N) is 2. The first-order chi connectivity index (χ1) is 13.6. The molecule has 0 bridgehead atoms. The number of benzene rings is 2. The minimum Gasteiger partial charge on any atom is -0.486 e. The maximum Gasteiger partial charge on any atom is 0.241 e. The number of sulfonamides is 1. The monoisotopic (exact) mass is 405 g/mol. The van der Waals surface area contributed by atoms with Crippen LogP contribution < -0.4 is 19.1 Å². The molecule has 1 fully saturated rings. The predicted molar refractivity (Wildman–Crippen MR) is 103 cm³/mol. The summed E-state index contributed by atoms with van der Waals surface area (Å²) in [5.41, 5.74) is 0.947. The molecule has 0 saturated carbocycles. The molecule has 0 spiro atoms. The van der Waals surface area contributed by atoms with Crippen LogP contribution in [0.3, 0.4) is 0 Å². The van der Waals surface area contributed by atoms with E-state index in [2.05, 4.69) is 4.72 Å². The Morgan fingerprint density at radius 3 is 2.39 bits per heavy atom. The Hall–Kier alpha value is -2.13. The maximum atomic E-state index is 13.1. The number of hydrogen-bond donors (Lipinski definition) is 2. The summed E-state index contributed by atoms with van der Waals surface area (Å²) in [7, 11) is -3.72. The molecule has 2 aromatic carbocycles. The van der Waals surface area contributed by atoms with Crippen molar-refractivity contribution < 1.29 is 27.5 Å². The molecule has 0 aliphatic carbocycles. The third-order valence-electron chi connectivity index (χ3n) is 5.02. The van der Waals surface area contributed by atoms with Crippen LogP contribution in [0.25, 0.3) is 0 Å². The first-order valence-electron chi connectivity index (χ1n) is 9.50. The topological polar surface area (TPSA) is 78.3 Å². The van der Waals surface area contributed by atoms with Crippen molar-refractivity contribution in [1.29, 1.82) is 0 Å². The van der Waals surface area contributed by atoms with E-state index in [9.17, 15) is 8.42 Å². The van der Waals surface area contributed by atoms with Gasteiger partial charge < -0.3 is 19.1 Å². The Morgan fingerprint density at radius 1 is 0.929 bits per heavy atom. The molecule has 7 nitrogen and oxygen atoms in total. The molecule has 0 radical (unpaired) electrons. The number of ether oxygens (including phenoxy) is 3. The van der Waals surface area contributed by atoms with Crippen molar-refractivity contribution in [1.82, 2.24) is 4.72 Å². The van der Waals surface area contributed by atoms with E-state index in [1.54, 1.807) is 12.1 Å². The van der Waals surface area contributed by atoms with Crippen molar-refractivity contribution in [3.63, 3.8) is 0 Å². The average Bonchev–Trinajstić information content (AvgIpc) is 2.74. The number of quaternary nitrogens is 1. The smallest absolute Gasteiger partial charge is 0.241 e. The van der Waals surface area contributed by atoms with Gasteiger partial charge in [0, 0.05) is 6.07 Å². The zero-order valence-corrected chi connectivity index (χ0v) is 16.4. The first-order valence-corrected chi connectivity index (χ1v) is 11.0. The Morgan fingerprint density at radius 2 is 1.64 bits per heavy atom. The zero-order chi connectivity index (χ0) is 19.4. The highest BCUT2D eigenvalue weighted by Gasteiger charge is 2.27. The molecule has 4 rings (SSSR count). The van der Waals surface area contributed by atoms with Gasteiger partial charge in [-0.3, -0.25) is 0 Å². The van der Waals surface area contributed by atoms with E-state index in [1.165, 1.54) is 11.0 Å². The van der Waals surface area contributed by atoms with Gasteiger partial charge in [0.25, 0.3) is 0 Å². The van der Waals surface area contributed by atoms with E-state index in [4.69, 9.17) is 14.2 Å². The molecule has 8 heteroatoms. The highest BCUT2D eigenvalue weighted by Crippen LogP contribution is 2.32. The van der Waals surface area contributed by atoms with Gasteiger partial charge in [-0.15, -0.1) is 0 Å². The molecule has 0 amide bonds. The molecule has 150 valence electrons. The minimum absolute atomic E-state index is 0.176. The van der Waals surface area contributed by atoms with Crippen LogP contribution in [-0.4, -0.2) is 54.5 Å². The molecule has 2 aromatic rings. The molecule has 1 atom stereocenters. The number of fused-ring (bicyclic) bond motifs is 1. The van der Waals surface area contributed by atoms with Gasteiger partial charge in [-0.05, 0) is 17.7 Å². The summed E-state index contributed by atoms with van der Waals surface area (Å²) in [6.45, 7) is 4.69. The van der Waals surface area contributed by atoms with Crippen molar-refractivity contribution in [2.24, 2.45) is 0 Å². The second-order valence-electron chi connectivity index (χ2n) is 6.96. The molecule has 28 heavy (non-hydrogen) atoms. The van der Waals surface area contributed by atoms with Crippen LogP contribution in [0.1, 0.15) is 11.6 Å². The van der Waals surface area contributed by atoms with Crippen molar-refractivity contribution in [3.8, 4) is 11.5 Å². The molecule has 1 saturated heterocycles. The number of hydrogen-bond acceptors (Lipinski definition) is 5. The Labute approximate surface area is 165 Å². The minimum atomic E-state index is -3.72. The summed E-state index contributed by atoms with van der Waals surface area (Å²) >= 11 is 0. The van der Waals surface area contributed by atoms with Crippen LogP contribution in [0, 0.1) is 0 Å². The predicted octanol–water partition coefficient (Wildman–Crippen LogP) is 0.393. The molecular weight excluding hydrogens is 380 g/mol. The molecule has 2 heterocycles. The van der Waals surface area contributed by atoms with Crippen LogP contribution in [-0.2, 0) is 14.8 Å². The molecule has 0 aromatic heterocycles. The Balaban J connectivity index is 1.57. The van der Waals surface area contributed by atoms with E-state index in [1.807, 2.05) is 30.3 Å². The molecular formula is C20H25N2O5S+. The maximum absolute atomic E-state index is 13.1. The standard InChI is InChI=1S/C20H24N2O5S/c23-28(24,17-6-7-19-20(14-17)27-13-12-26-19)21-18(16-4-2-1-3-5-16)15-22-8-10-25-11-9-22/h1-7,14,18,21H,8-13,15H2/p+1/t18-/m1/s1. The molecule has 0 unspecified atom stereocenters. The number of rotatable bonds is 6. The van der Waals surface area contributed by atoms with Gasteiger partial charge >= 0.3 is 0 Å². The lowest BCUT2D eigenvalue weighted by Crippen LogP contribution is -3.14. The fourth-order valence-corrected chi connectivity index (χ4v) is 4.75. The van der Waals surface area contributed by atoms with Crippen LogP contribution >= 0.6 is 0 Å². The van der Waals surface area contributed by atoms with Crippen LogP contribution in [0.2, 0.25) is 0 Å². The first kappa shape index (κ1) is 19.2. The molecule has 2 aliphatic rings. The largest absolute Gasteiger partial charge is 0.486 e. The van der Waals surface area contributed by atoms with Gasteiger partial charge in [0.2, 0.25) is 10.0 Å². The number of morpholine rings is 1. The van der Waals surface area contributed by atoms with Gasteiger partial charge in [-0.25, -0.2) is 8.42 Å². The normalized spacial score (nSPS) is 18.6. The second kappa shape index (κ2) is 8.48. The summed E-state index contributed by atoms with van der Waals surface area (Å²) in [6.07, 6.45) is 0.